The molecule has 0 saturated carbocycles. The molecule has 2 aromatic carbocycles. The van der Waals surface area contributed by atoms with Crippen LogP contribution in [0.1, 0.15) is 20.7 Å². The summed E-state index contributed by atoms with van der Waals surface area (Å²) in [5.74, 6) is -0.959. The summed E-state index contributed by atoms with van der Waals surface area (Å²) < 4.78 is 0.576. The summed E-state index contributed by atoms with van der Waals surface area (Å²) in [6.07, 6.45) is 0. The van der Waals surface area contributed by atoms with Crippen LogP contribution in [0.4, 0.5) is 5.69 Å². The number of anilines is 1. The zero-order valence-electron chi connectivity index (χ0n) is 10.5. The molecule has 0 atom stereocenters. The standard InChI is InChI=1S/C14H9BrCl2N2O2/c15-11-5-7(16)1-3-9(11)14(21)19-8-2-4-10(13(18)20)12(17)6-8/h1-6H,(H2,18,20)(H,19,21). The van der Waals surface area contributed by atoms with Crippen LogP contribution in [0.5, 0.6) is 0 Å². The molecular weight excluding hydrogens is 379 g/mol. The Morgan fingerprint density at radius 1 is 1.05 bits per heavy atom. The molecule has 0 aliphatic heterocycles. The molecule has 0 aliphatic carbocycles. The number of rotatable bonds is 3. The molecule has 0 unspecified atom stereocenters. The molecule has 0 saturated heterocycles. The number of primary amides is 1. The summed E-state index contributed by atoms with van der Waals surface area (Å²) in [6.45, 7) is 0. The number of hydrogen-bond donors (Lipinski definition) is 2. The van der Waals surface area contributed by atoms with E-state index in [9.17, 15) is 9.59 Å². The Hall–Kier alpha value is -1.56. The molecule has 108 valence electrons. The topological polar surface area (TPSA) is 72.2 Å². The van der Waals surface area contributed by atoms with Crippen molar-refractivity contribution in [3.8, 4) is 0 Å². The summed E-state index contributed by atoms with van der Waals surface area (Å²) in [4.78, 5) is 23.2. The average molecular weight is 388 g/mol. The van der Waals surface area contributed by atoms with Crippen LogP contribution in [0.25, 0.3) is 0 Å². The van der Waals surface area contributed by atoms with Crippen molar-refractivity contribution in [1.29, 1.82) is 0 Å². The number of amides is 2. The van der Waals surface area contributed by atoms with Crippen molar-refractivity contribution in [1.82, 2.24) is 0 Å². The molecule has 2 aromatic rings. The van der Waals surface area contributed by atoms with E-state index in [-0.39, 0.29) is 16.5 Å². The molecule has 0 radical (unpaired) electrons. The smallest absolute Gasteiger partial charge is 0.256 e. The van der Waals surface area contributed by atoms with E-state index in [0.29, 0.717) is 20.7 Å². The van der Waals surface area contributed by atoms with Crippen molar-refractivity contribution < 1.29 is 9.59 Å². The third-order valence-electron chi connectivity index (χ3n) is 2.67. The fraction of sp³-hybridized carbons (Fsp3) is 0. The Morgan fingerprint density at radius 2 is 1.71 bits per heavy atom. The van der Waals surface area contributed by atoms with Gasteiger partial charge in [-0.05, 0) is 52.3 Å². The lowest BCUT2D eigenvalue weighted by Crippen LogP contribution is -2.14. The lowest BCUT2D eigenvalue weighted by atomic mass is 10.1. The van der Waals surface area contributed by atoms with Crippen molar-refractivity contribution in [2.45, 2.75) is 0 Å². The Balaban J connectivity index is 2.23. The summed E-state index contributed by atoms with van der Waals surface area (Å²) in [5, 5.41) is 3.37. The molecule has 0 spiro atoms. The normalized spacial score (nSPS) is 10.2. The molecule has 21 heavy (non-hydrogen) atoms. The van der Waals surface area contributed by atoms with Crippen LogP contribution in [0.15, 0.2) is 40.9 Å². The predicted octanol–water partition coefficient (Wildman–Crippen LogP) is 4.11. The first kappa shape index (κ1) is 15.8. The van der Waals surface area contributed by atoms with E-state index in [1.165, 1.54) is 12.1 Å². The Morgan fingerprint density at radius 3 is 2.29 bits per heavy atom. The summed E-state index contributed by atoms with van der Waals surface area (Å²) in [6, 6.07) is 9.30. The van der Waals surface area contributed by atoms with E-state index >= 15 is 0 Å². The van der Waals surface area contributed by atoms with Crippen LogP contribution >= 0.6 is 39.1 Å². The molecule has 0 bridgehead atoms. The molecule has 2 rings (SSSR count). The lowest BCUT2D eigenvalue weighted by molar-refractivity contribution is 0.0998. The minimum absolute atomic E-state index is 0.176. The highest BCUT2D eigenvalue weighted by atomic mass is 79.9. The maximum atomic E-state index is 12.2. The highest BCUT2D eigenvalue weighted by Crippen LogP contribution is 2.24. The third-order valence-corrected chi connectivity index (χ3v) is 3.87. The van der Waals surface area contributed by atoms with Gasteiger partial charge in [0.2, 0.25) is 5.91 Å². The number of nitrogens with one attached hydrogen (secondary N) is 1. The summed E-state index contributed by atoms with van der Waals surface area (Å²) >= 11 is 15.0. The van der Waals surface area contributed by atoms with Crippen LogP contribution in [0, 0.1) is 0 Å². The Labute approximate surface area is 139 Å². The number of halogens is 3. The molecule has 0 heterocycles. The minimum atomic E-state index is -0.627. The Bertz CT molecular complexity index is 735. The molecule has 0 fully saturated rings. The SMILES string of the molecule is NC(=O)c1ccc(NC(=O)c2ccc(Cl)cc2Br)cc1Cl. The quantitative estimate of drug-likeness (QED) is 0.831. The molecule has 0 aliphatic rings. The minimum Gasteiger partial charge on any atom is -0.366 e. The molecule has 0 aromatic heterocycles. The fourth-order valence-corrected chi connectivity index (χ4v) is 2.80. The van der Waals surface area contributed by atoms with Crippen LogP contribution in [0.3, 0.4) is 0 Å². The van der Waals surface area contributed by atoms with E-state index in [1.54, 1.807) is 24.3 Å². The van der Waals surface area contributed by atoms with Gasteiger partial charge >= 0.3 is 0 Å². The molecule has 7 heteroatoms. The van der Waals surface area contributed by atoms with E-state index in [0.717, 1.165) is 0 Å². The van der Waals surface area contributed by atoms with Gasteiger partial charge in [0.1, 0.15) is 0 Å². The van der Waals surface area contributed by atoms with Gasteiger partial charge in [-0.2, -0.15) is 0 Å². The zero-order chi connectivity index (χ0) is 15.6. The second-order valence-corrected chi connectivity index (χ2v) is 5.84. The number of carbonyl (C=O) groups is 2. The van der Waals surface area contributed by atoms with Gasteiger partial charge in [-0.15, -0.1) is 0 Å². The van der Waals surface area contributed by atoms with Crippen LogP contribution in [-0.4, -0.2) is 11.8 Å². The van der Waals surface area contributed by atoms with Crippen LogP contribution < -0.4 is 11.1 Å². The summed E-state index contributed by atoms with van der Waals surface area (Å²) in [5.41, 5.74) is 6.24. The maximum absolute atomic E-state index is 12.2. The van der Waals surface area contributed by atoms with Crippen molar-refractivity contribution >= 4 is 56.6 Å². The second kappa shape index (κ2) is 6.47. The molecule has 3 N–H and O–H groups in total. The predicted molar refractivity (Wildman–Crippen MR) is 87.1 cm³/mol. The van der Waals surface area contributed by atoms with Crippen LogP contribution in [0.2, 0.25) is 10.0 Å². The first-order valence-electron chi connectivity index (χ1n) is 5.74. The third kappa shape index (κ3) is 3.75. The van der Waals surface area contributed by atoms with Gasteiger partial charge in [0.15, 0.2) is 0 Å². The van der Waals surface area contributed by atoms with Gasteiger partial charge in [0.05, 0.1) is 16.1 Å². The molecular formula is C14H9BrCl2N2O2. The maximum Gasteiger partial charge on any atom is 0.256 e. The van der Waals surface area contributed by atoms with Gasteiger partial charge in [-0.3, -0.25) is 9.59 Å². The van der Waals surface area contributed by atoms with Crippen molar-refractivity contribution in [3.63, 3.8) is 0 Å². The Kier molecular flexibility index (Phi) is 4.88. The monoisotopic (exact) mass is 386 g/mol. The summed E-state index contributed by atoms with van der Waals surface area (Å²) in [7, 11) is 0. The first-order chi connectivity index (χ1) is 9.88. The molecule has 2 amide bonds. The van der Waals surface area contributed by atoms with Gasteiger partial charge in [-0.25, -0.2) is 0 Å². The fourth-order valence-electron chi connectivity index (χ4n) is 1.66. The van der Waals surface area contributed by atoms with E-state index < -0.39 is 5.91 Å². The van der Waals surface area contributed by atoms with E-state index in [4.69, 9.17) is 28.9 Å². The number of nitrogens with two attached hydrogens (primary N) is 1. The molecule has 4 nitrogen and oxygen atoms in total. The van der Waals surface area contributed by atoms with Crippen molar-refractivity contribution in [2.75, 3.05) is 5.32 Å². The van der Waals surface area contributed by atoms with E-state index in [1.807, 2.05) is 0 Å². The lowest BCUT2D eigenvalue weighted by Gasteiger charge is -2.08. The van der Waals surface area contributed by atoms with Crippen molar-refractivity contribution in [2.24, 2.45) is 5.73 Å². The van der Waals surface area contributed by atoms with Gasteiger partial charge in [-0.1, -0.05) is 23.2 Å². The number of benzene rings is 2. The number of hydrogen-bond acceptors (Lipinski definition) is 2. The zero-order valence-corrected chi connectivity index (χ0v) is 13.6. The van der Waals surface area contributed by atoms with E-state index in [2.05, 4.69) is 21.2 Å². The van der Waals surface area contributed by atoms with Gasteiger partial charge in [0, 0.05) is 15.2 Å². The van der Waals surface area contributed by atoms with Gasteiger partial charge < -0.3 is 11.1 Å². The average Bonchev–Trinajstić information content (AvgIpc) is 2.37. The van der Waals surface area contributed by atoms with Crippen LogP contribution in [-0.2, 0) is 0 Å². The number of carbonyl (C=O) groups excluding carboxylic acids is 2. The first-order valence-corrected chi connectivity index (χ1v) is 7.29. The highest BCUT2D eigenvalue weighted by Gasteiger charge is 2.12. The largest absolute Gasteiger partial charge is 0.366 e. The van der Waals surface area contributed by atoms with Crippen molar-refractivity contribution in [3.05, 3.63) is 62.0 Å². The second-order valence-electron chi connectivity index (χ2n) is 4.14. The highest BCUT2D eigenvalue weighted by molar-refractivity contribution is 9.10. The van der Waals surface area contributed by atoms with Gasteiger partial charge in [0.25, 0.3) is 5.91 Å².